The lowest BCUT2D eigenvalue weighted by molar-refractivity contribution is 0.0701. The monoisotopic (exact) mass is 501 g/mol. The first-order valence-electron chi connectivity index (χ1n) is 10.8. The predicted molar refractivity (Wildman–Crippen MR) is 134 cm³/mol. The average Bonchev–Trinajstić information content (AvgIpc) is 3.55. The van der Waals surface area contributed by atoms with Crippen molar-refractivity contribution in [2.24, 2.45) is 5.10 Å². The smallest absolute Gasteiger partial charge is 0.379 e. The molecule has 0 saturated heterocycles. The van der Waals surface area contributed by atoms with Crippen molar-refractivity contribution < 1.29 is 23.1 Å². The molecule has 178 valence electrons. The molecule has 0 aliphatic rings. The van der Waals surface area contributed by atoms with Crippen LogP contribution in [0.4, 0.5) is 4.39 Å². The molecule has 36 heavy (non-hydrogen) atoms. The van der Waals surface area contributed by atoms with E-state index < -0.39 is 17.7 Å². The van der Waals surface area contributed by atoms with Crippen LogP contribution in [0.5, 0.6) is 5.75 Å². The van der Waals surface area contributed by atoms with Crippen molar-refractivity contribution in [1.29, 1.82) is 0 Å². The number of nitrogens with zero attached hydrogens (tertiary/aromatic N) is 1. The van der Waals surface area contributed by atoms with Gasteiger partial charge in [0.05, 0.1) is 18.0 Å². The Labute approximate surface area is 209 Å². The number of hydrazone groups is 1. The number of H-pyrrole nitrogens is 1. The Morgan fingerprint density at radius 2 is 1.81 bits per heavy atom. The number of benzene rings is 3. The van der Waals surface area contributed by atoms with Gasteiger partial charge in [0.1, 0.15) is 17.3 Å². The number of nitrogens with one attached hydrogen (secondary N) is 2. The van der Waals surface area contributed by atoms with Crippen molar-refractivity contribution in [3.63, 3.8) is 0 Å². The van der Waals surface area contributed by atoms with Gasteiger partial charge < -0.3 is 14.1 Å². The number of halogens is 2. The zero-order valence-corrected chi connectivity index (χ0v) is 19.3. The van der Waals surface area contributed by atoms with E-state index in [4.69, 9.17) is 20.8 Å². The molecule has 2 heterocycles. The van der Waals surface area contributed by atoms with Crippen molar-refractivity contribution in [1.82, 2.24) is 10.4 Å². The van der Waals surface area contributed by atoms with Gasteiger partial charge in [0.2, 0.25) is 5.76 Å². The number of rotatable bonds is 6. The molecule has 7 nitrogen and oxygen atoms in total. The van der Waals surface area contributed by atoms with E-state index in [0.29, 0.717) is 27.1 Å². The summed E-state index contributed by atoms with van der Waals surface area (Å²) in [5.74, 6) is -1.51. The summed E-state index contributed by atoms with van der Waals surface area (Å²) in [6, 6.07) is 21.3. The van der Waals surface area contributed by atoms with Gasteiger partial charge in [0, 0.05) is 27.1 Å². The molecule has 0 unspecified atom stereocenters. The van der Waals surface area contributed by atoms with Gasteiger partial charge in [-0.15, -0.1) is 0 Å². The highest BCUT2D eigenvalue weighted by atomic mass is 35.5. The van der Waals surface area contributed by atoms with Crippen LogP contribution in [-0.2, 0) is 0 Å². The standard InChI is InChI=1S/C27H17ClFN3O4/c28-19-10-3-2-8-17(19)23-18-9-5-11-20(29)24(18)31-25(23)26(33)32-30-15-16-7-1-4-12-21(16)36-27(34)22-13-6-14-35-22/h1-15,31H,(H,32,33). The average molecular weight is 502 g/mol. The van der Waals surface area contributed by atoms with E-state index >= 15 is 0 Å². The largest absolute Gasteiger partial charge is 0.457 e. The molecular weight excluding hydrogens is 485 g/mol. The van der Waals surface area contributed by atoms with Gasteiger partial charge in [-0.25, -0.2) is 14.6 Å². The van der Waals surface area contributed by atoms with Crippen molar-refractivity contribution in [2.45, 2.75) is 0 Å². The van der Waals surface area contributed by atoms with E-state index in [2.05, 4.69) is 15.5 Å². The van der Waals surface area contributed by atoms with Gasteiger partial charge in [-0.05, 0) is 36.4 Å². The minimum atomic E-state index is -0.672. The van der Waals surface area contributed by atoms with Crippen molar-refractivity contribution in [2.75, 3.05) is 0 Å². The van der Waals surface area contributed by atoms with Crippen molar-refractivity contribution in [3.8, 4) is 16.9 Å². The number of para-hydroxylation sites is 2. The number of aromatic amines is 1. The number of hydrogen-bond acceptors (Lipinski definition) is 5. The first-order valence-corrected chi connectivity index (χ1v) is 11.1. The summed E-state index contributed by atoms with van der Waals surface area (Å²) in [5.41, 5.74) is 4.17. The van der Waals surface area contributed by atoms with E-state index in [-0.39, 0.29) is 22.7 Å². The maximum Gasteiger partial charge on any atom is 0.379 e. The fourth-order valence-electron chi connectivity index (χ4n) is 3.74. The van der Waals surface area contributed by atoms with E-state index in [1.807, 2.05) is 0 Å². The van der Waals surface area contributed by atoms with Crippen LogP contribution in [0.25, 0.3) is 22.0 Å². The molecule has 0 aliphatic carbocycles. The lowest BCUT2D eigenvalue weighted by atomic mass is 10.0. The number of carbonyl (C=O) groups is 2. The highest BCUT2D eigenvalue weighted by molar-refractivity contribution is 6.34. The summed E-state index contributed by atoms with van der Waals surface area (Å²) in [7, 11) is 0. The molecule has 5 aromatic rings. The number of amides is 1. The Hall–Kier alpha value is -4.69. The summed E-state index contributed by atoms with van der Waals surface area (Å²) in [5, 5.41) is 4.93. The van der Waals surface area contributed by atoms with Crippen molar-refractivity contribution >= 4 is 40.6 Å². The quantitative estimate of drug-likeness (QED) is 0.125. The second-order valence-electron chi connectivity index (χ2n) is 7.62. The molecule has 1 amide bonds. The summed E-state index contributed by atoms with van der Waals surface area (Å²) in [6.07, 6.45) is 2.70. The maximum atomic E-state index is 14.5. The SMILES string of the molecule is O=C(Oc1ccccc1C=NNC(=O)c1[nH]c2c(F)cccc2c1-c1ccccc1Cl)c1ccco1. The molecule has 0 radical (unpaired) electrons. The Kier molecular flexibility index (Phi) is 6.34. The lowest BCUT2D eigenvalue weighted by Crippen LogP contribution is -2.19. The number of esters is 1. The molecule has 0 fully saturated rings. The first-order chi connectivity index (χ1) is 17.5. The van der Waals surface area contributed by atoms with Crippen LogP contribution in [0.15, 0.2) is 94.6 Å². The molecule has 2 aromatic heterocycles. The van der Waals surface area contributed by atoms with Crippen LogP contribution in [0.3, 0.4) is 0 Å². The van der Waals surface area contributed by atoms with Crippen LogP contribution in [-0.4, -0.2) is 23.1 Å². The van der Waals surface area contributed by atoms with Crippen LogP contribution < -0.4 is 10.2 Å². The highest BCUT2D eigenvalue weighted by Gasteiger charge is 2.22. The third-order valence-electron chi connectivity index (χ3n) is 5.37. The topological polar surface area (TPSA) is 96.7 Å². The minimum Gasteiger partial charge on any atom is -0.457 e. The number of fused-ring (bicyclic) bond motifs is 1. The summed E-state index contributed by atoms with van der Waals surface area (Å²) < 4.78 is 24.9. The van der Waals surface area contributed by atoms with Crippen LogP contribution in [0.2, 0.25) is 5.02 Å². The molecule has 0 aliphatic heterocycles. The predicted octanol–water partition coefficient (Wildman–Crippen LogP) is 6.20. The summed E-state index contributed by atoms with van der Waals surface area (Å²) in [4.78, 5) is 28.2. The molecule has 5 rings (SSSR count). The number of aromatic nitrogens is 1. The second-order valence-corrected chi connectivity index (χ2v) is 8.03. The Morgan fingerprint density at radius 3 is 2.61 bits per heavy atom. The van der Waals surface area contributed by atoms with E-state index in [1.165, 1.54) is 24.6 Å². The minimum absolute atomic E-state index is 0.0493. The van der Waals surface area contributed by atoms with Crippen LogP contribution >= 0.6 is 11.6 Å². The highest BCUT2D eigenvalue weighted by Crippen LogP contribution is 2.37. The van der Waals surface area contributed by atoms with E-state index in [9.17, 15) is 14.0 Å². The molecule has 0 saturated carbocycles. The molecule has 0 atom stereocenters. The second kappa shape index (κ2) is 9.89. The normalized spacial score (nSPS) is 11.2. The van der Waals surface area contributed by atoms with Gasteiger partial charge in [0.25, 0.3) is 5.91 Å². The molecular formula is C27H17ClFN3O4. The van der Waals surface area contributed by atoms with Gasteiger partial charge in [-0.2, -0.15) is 5.10 Å². The van der Waals surface area contributed by atoms with E-state index in [0.717, 1.165) is 0 Å². The van der Waals surface area contributed by atoms with E-state index in [1.54, 1.807) is 66.7 Å². The Balaban J connectivity index is 1.43. The number of hydrogen-bond donors (Lipinski definition) is 2. The Morgan fingerprint density at radius 1 is 1.00 bits per heavy atom. The van der Waals surface area contributed by atoms with Crippen LogP contribution in [0.1, 0.15) is 26.6 Å². The first kappa shape index (κ1) is 23.1. The number of carbonyl (C=O) groups excluding carboxylic acids is 2. The molecule has 0 bridgehead atoms. The van der Waals surface area contributed by atoms with Crippen LogP contribution in [0, 0.1) is 5.82 Å². The maximum absolute atomic E-state index is 14.5. The lowest BCUT2D eigenvalue weighted by Gasteiger charge is -2.07. The third-order valence-corrected chi connectivity index (χ3v) is 5.70. The third kappa shape index (κ3) is 4.49. The number of furan rings is 1. The zero-order chi connectivity index (χ0) is 25.1. The summed E-state index contributed by atoms with van der Waals surface area (Å²) in [6.45, 7) is 0. The van der Waals surface area contributed by atoms with Gasteiger partial charge in [-0.1, -0.05) is 54.1 Å². The molecule has 2 N–H and O–H groups in total. The zero-order valence-electron chi connectivity index (χ0n) is 18.5. The molecule has 3 aromatic carbocycles. The fourth-order valence-corrected chi connectivity index (χ4v) is 3.97. The molecule has 9 heteroatoms. The fraction of sp³-hybridized carbons (Fsp3) is 0. The number of ether oxygens (including phenoxy) is 1. The summed E-state index contributed by atoms with van der Waals surface area (Å²) >= 11 is 6.40. The van der Waals surface area contributed by atoms with Gasteiger partial charge in [-0.3, -0.25) is 4.79 Å². The van der Waals surface area contributed by atoms with Gasteiger partial charge in [0.15, 0.2) is 0 Å². The Bertz CT molecular complexity index is 1610. The van der Waals surface area contributed by atoms with Crippen molar-refractivity contribution in [3.05, 3.63) is 113 Å². The van der Waals surface area contributed by atoms with Gasteiger partial charge >= 0.3 is 5.97 Å². The molecule has 0 spiro atoms.